The highest BCUT2D eigenvalue weighted by Gasteiger charge is 2.28. The first kappa shape index (κ1) is 12.1. The van der Waals surface area contributed by atoms with Crippen LogP contribution in [-0.4, -0.2) is 5.11 Å². The van der Waals surface area contributed by atoms with E-state index in [0.29, 0.717) is 17.7 Å². The molecule has 1 unspecified atom stereocenters. The third-order valence-corrected chi connectivity index (χ3v) is 3.28. The molecule has 0 aromatic heterocycles. The van der Waals surface area contributed by atoms with Gasteiger partial charge in [0.05, 0.1) is 6.10 Å². The van der Waals surface area contributed by atoms with Crippen LogP contribution >= 0.6 is 0 Å². The molecule has 2 nitrogen and oxygen atoms in total. The average Bonchev–Trinajstić information content (AvgIpc) is 2.38. The van der Waals surface area contributed by atoms with E-state index in [0.717, 1.165) is 5.56 Å². The molecule has 3 rings (SSSR count). The summed E-state index contributed by atoms with van der Waals surface area (Å²) in [7, 11) is 0. The minimum atomic E-state index is -0.709. The maximum atomic E-state index is 13.2. The van der Waals surface area contributed by atoms with Crippen molar-refractivity contribution in [1.82, 2.24) is 0 Å². The summed E-state index contributed by atoms with van der Waals surface area (Å²) in [6.45, 7) is 0. The smallest absolute Gasteiger partial charge is 0.128 e. The SMILES string of the molecule is O[C@@H]1CC(c2ccc(F)cc2)Oc2cc(F)ccc21. The van der Waals surface area contributed by atoms with Crippen molar-refractivity contribution >= 4 is 0 Å². The normalized spacial score (nSPS) is 21.6. The Morgan fingerprint density at radius 2 is 1.68 bits per heavy atom. The molecule has 0 fully saturated rings. The van der Waals surface area contributed by atoms with E-state index in [1.807, 2.05) is 0 Å². The first-order valence-corrected chi connectivity index (χ1v) is 6.03. The largest absolute Gasteiger partial charge is 0.485 e. The van der Waals surface area contributed by atoms with Crippen LogP contribution in [0.2, 0.25) is 0 Å². The molecule has 2 atom stereocenters. The summed E-state index contributed by atoms with van der Waals surface area (Å²) >= 11 is 0. The molecule has 2 aromatic carbocycles. The lowest BCUT2D eigenvalue weighted by Crippen LogP contribution is -2.19. The Morgan fingerprint density at radius 1 is 1.00 bits per heavy atom. The number of hydrogen-bond donors (Lipinski definition) is 1. The fourth-order valence-corrected chi connectivity index (χ4v) is 2.30. The van der Waals surface area contributed by atoms with E-state index in [9.17, 15) is 13.9 Å². The van der Waals surface area contributed by atoms with Crippen molar-refractivity contribution in [3.63, 3.8) is 0 Å². The van der Waals surface area contributed by atoms with Crippen LogP contribution in [0.4, 0.5) is 8.78 Å². The number of halogens is 2. The zero-order chi connectivity index (χ0) is 13.4. The average molecular weight is 262 g/mol. The van der Waals surface area contributed by atoms with Crippen LogP contribution < -0.4 is 4.74 Å². The molecule has 0 aliphatic carbocycles. The molecule has 98 valence electrons. The number of hydrogen-bond acceptors (Lipinski definition) is 2. The van der Waals surface area contributed by atoms with Gasteiger partial charge in [-0.15, -0.1) is 0 Å². The lowest BCUT2D eigenvalue weighted by atomic mass is 9.95. The van der Waals surface area contributed by atoms with E-state index >= 15 is 0 Å². The number of fused-ring (bicyclic) bond motifs is 1. The second kappa shape index (κ2) is 4.63. The van der Waals surface area contributed by atoms with Gasteiger partial charge < -0.3 is 9.84 Å². The fourth-order valence-electron chi connectivity index (χ4n) is 2.30. The van der Waals surface area contributed by atoms with Crippen molar-refractivity contribution in [2.75, 3.05) is 0 Å². The van der Waals surface area contributed by atoms with Crippen LogP contribution in [0.25, 0.3) is 0 Å². The molecule has 1 aliphatic rings. The topological polar surface area (TPSA) is 29.5 Å². The Balaban J connectivity index is 1.93. The van der Waals surface area contributed by atoms with Gasteiger partial charge in [0.15, 0.2) is 0 Å². The van der Waals surface area contributed by atoms with Gasteiger partial charge in [-0.3, -0.25) is 0 Å². The summed E-state index contributed by atoms with van der Waals surface area (Å²) in [5.41, 5.74) is 1.34. The summed E-state index contributed by atoms with van der Waals surface area (Å²) < 4.78 is 31.8. The summed E-state index contributed by atoms with van der Waals surface area (Å²) in [5, 5.41) is 10.1. The molecule has 0 saturated carbocycles. The van der Waals surface area contributed by atoms with Gasteiger partial charge in [0.1, 0.15) is 23.5 Å². The predicted molar refractivity (Wildman–Crippen MR) is 65.7 cm³/mol. The molecule has 0 amide bonds. The highest BCUT2D eigenvalue weighted by atomic mass is 19.1. The van der Waals surface area contributed by atoms with Crippen LogP contribution in [0.15, 0.2) is 42.5 Å². The molecular weight excluding hydrogens is 250 g/mol. The van der Waals surface area contributed by atoms with E-state index < -0.39 is 18.0 Å². The Hall–Kier alpha value is -1.94. The van der Waals surface area contributed by atoms with Crippen molar-refractivity contribution in [2.24, 2.45) is 0 Å². The first-order chi connectivity index (χ1) is 9.13. The predicted octanol–water partition coefficient (Wildman–Crippen LogP) is 3.52. The van der Waals surface area contributed by atoms with E-state index in [-0.39, 0.29) is 5.82 Å². The lowest BCUT2D eigenvalue weighted by molar-refractivity contribution is 0.0653. The Bertz CT molecular complexity index is 596. The highest BCUT2D eigenvalue weighted by Crippen LogP contribution is 2.40. The molecule has 0 bridgehead atoms. The molecule has 19 heavy (non-hydrogen) atoms. The van der Waals surface area contributed by atoms with E-state index in [1.165, 1.54) is 30.3 Å². The third-order valence-electron chi connectivity index (χ3n) is 3.28. The van der Waals surface area contributed by atoms with Crippen molar-refractivity contribution in [1.29, 1.82) is 0 Å². The van der Waals surface area contributed by atoms with Crippen LogP contribution in [0.1, 0.15) is 29.8 Å². The van der Waals surface area contributed by atoms with Crippen LogP contribution in [-0.2, 0) is 0 Å². The Morgan fingerprint density at radius 3 is 2.42 bits per heavy atom. The number of aliphatic hydroxyl groups is 1. The van der Waals surface area contributed by atoms with Gasteiger partial charge in [0, 0.05) is 18.1 Å². The lowest BCUT2D eigenvalue weighted by Gasteiger charge is -2.29. The van der Waals surface area contributed by atoms with Crippen molar-refractivity contribution < 1.29 is 18.6 Å². The maximum Gasteiger partial charge on any atom is 0.128 e. The first-order valence-electron chi connectivity index (χ1n) is 6.03. The minimum Gasteiger partial charge on any atom is -0.485 e. The van der Waals surface area contributed by atoms with Crippen LogP contribution in [0.5, 0.6) is 5.75 Å². The van der Waals surface area contributed by atoms with E-state index in [4.69, 9.17) is 4.74 Å². The number of benzene rings is 2. The second-order valence-electron chi connectivity index (χ2n) is 4.59. The summed E-state index contributed by atoms with van der Waals surface area (Å²) in [4.78, 5) is 0. The van der Waals surface area contributed by atoms with Crippen molar-refractivity contribution in [2.45, 2.75) is 18.6 Å². The zero-order valence-electron chi connectivity index (χ0n) is 10.0. The van der Waals surface area contributed by atoms with Gasteiger partial charge in [-0.1, -0.05) is 12.1 Å². The molecule has 2 aromatic rings. The standard InChI is InChI=1S/C15H12F2O2/c16-10-3-1-9(2-4-10)14-8-13(18)12-6-5-11(17)7-15(12)19-14/h1-7,13-14,18H,8H2/t13-,14?/m1/s1. The fraction of sp³-hybridized carbons (Fsp3) is 0.200. The molecule has 1 heterocycles. The van der Waals surface area contributed by atoms with Crippen LogP contribution in [0, 0.1) is 11.6 Å². The molecular formula is C15H12F2O2. The molecule has 1 aliphatic heterocycles. The van der Waals surface area contributed by atoms with E-state index in [2.05, 4.69) is 0 Å². The monoisotopic (exact) mass is 262 g/mol. The van der Waals surface area contributed by atoms with Gasteiger partial charge >= 0.3 is 0 Å². The van der Waals surface area contributed by atoms with E-state index in [1.54, 1.807) is 12.1 Å². The quantitative estimate of drug-likeness (QED) is 0.852. The van der Waals surface area contributed by atoms with Crippen molar-refractivity contribution in [3.8, 4) is 5.75 Å². The number of rotatable bonds is 1. The third kappa shape index (κ3) is 2.31. The second-order valence-corrected chi connectivity index (χ2v) is 4.59. The number of ether oxygens (including phenoxy) is 1. The zero-order valence-corrected chi connectivity index (χ0v) is 10.0. The highest BCUT2D eigenvalue weighted by molar-refractivity contribution is 5.39. The van der Waals surface area contributed by atoms with Gasteiger partial charge in [-0.25, -0.2) is 8.78 Å². The molecule has 0 radical (unpaired) electrons. The maximum absolute atomic E-state index is 13.2. The van der Waals surface area contributed by atoms with Gasteiger partial charge in [0.25, 0.3) is 0 Å². The Kier molecular flexibility index (Phi) is 2.95. The van der Waals surface area contributed by atoms with Gasteiger partial charge in [-0.05, 0) is 29.8 Å². The van der Waals surface area contributed by atoms with Crippen LogP contribution in [0.3, 0.4) is 0 Å². The van der Waals surface area contributed by atoms with Crippen molar-refractivity contribution in [3.05, 3.63) is 65.2 Å². The molecule has 4 heteroatoms. The number of aliphatic hydroxyl groups excluding tert-OH is 1. The Labute approximate surface area is 109 Å². The summed E-state index contributed by atoms with van der Waals surface area (Å²) in [6.07, 6.45) is -0.742. The van der Waals surface area contributed by atoms with Gasteiger partial charge in [-0.2, -0.15) is 0 Å². The minimum absolute atomic E-state index is 0.327. The molecule has 0 saturated heterocycles. The van der Waals surface area contributed by atoms with Gasteiger partial charge in [0.2, 0.25) is 0 Å². The molecule has 1 N–H and O–H groups in total. The molecule has 0 spiro atoms. The summed E-state index contributed by atoms with van der Waals surface area (Å²) in [6, 6.07) is 9.97. The summed E-state index contributed by atoms with van der Waals surface area (Å²) in [5.74, 6) is -0.398.